The number of nitrogens with zero attached hydrogens (tertiary/aromatic N) is 1. The molecule has 0 bridgehead atoms. The fourth-order valence-corrected chi connectivity index (χ4v) is 2.35. The molecule has 0 radical (unpaired) electrons. The first-order valence-corrected chi connectivity index (χ1v) is 6.52. The highest BCUT2D eigenvalue weighted by Crippen LogP contribution is 2.23. The number of aromatic nitrogens is 2. The SMILES string of the molecule is C[C@H](Cc1ccccc1N)c1nc2ccccc2[nH]1. The van der Waals surface area contributed by atoms with Crippen molar-refractivity contribution in [1.29, 1.82) is 0 Å². The second kappa shape index (κ2) is 4.76. The van der Waals surface area contributed by atoms with E-state index in [0.29, 0.717) is 5.92 Å². The number of anilines is 1. The first kappa shape index (κ1) is 11.8. The van der Waals surface area contributed by atoms with Crippen molar-refractivity contribution in [2.24, 2.45) is 0 Å². The molecule has 3 aromatic rings. The standard InChI is InChI=1S/C16H17N3/c1-11(10-12-6-2-3-7-13(12)17)16-18-14-8-4-5-9-15(14)19-16/h2-9,11H,10,17H2,1H3,(H,18,19)/t11-/m1/s1. The molecule has 0 spiro atoms. The molecule has 0 saturated carbocycles. The van der Waals surface area contributed by atoms with Crippen LogP contribution in [0.2, 0.25) is 0 Å². The quantitative estimate of drug-likeness (QED) is 0.700. The first-order valence-electron chi connectivity index (χ1n) is 6.52. The number of para-hydroxylation sites is 3. The largest absolute Gasteiger partial charge is 0.399 e. The van der Waals surface area contributed by atoms with Gasteiger partial charge in [0.05, 0.1) is 11.0 Å². The monoisotopic (exact) mass is 251 g/mol. The van der Waals surface area contributed by atoms with Gasteiger partial charge in [-0.15, -0.1) is 0 Å². The highest BCUT2D eigenvalue weighted by Gasteiger charge is 2.12. The molecule has 0 aliphatic carbocycles. The van der Waals surface area contributed by atoms with E-state index in [1.165, 1.54) is 5.56 Å². The zero-order valence-electron chi connectivity index (χ0n) is 10.9. The molecule has 96 valence electrons. The molecule has 1 atom stereocenters. The number of imidazole rings is 1. The van der Waals surface area contributed by atoms with Gasteiger partial charge < -0.3 is 10.7 Å². The summed E-state index contributed by atoms with van der Waals surface area (Å²) in [6, 6.07) is 16.1. The zero-order chi connectivity index (χ0) is 13.2. The van der Waals surface area contributed by atoms with E-state index < -0.39 is 0 Å². The molecule has 0 amide bonds. The van der Waals surface area contributed by atoms with Crippen molar-refractivity contribution in [1.82, 2.24) is 9.97 Å². The molecular weight excluding hydrogens is 234 g/mol. The van der Waals surface area contributed by atoms with Gasteiger partial charge in [-0.3, -0.25) is 0 Å². The Hall–Kier alpha value is -2.29. The topological polar surface area (TPSA) is 54.7 Å². The lowest BCUT2D eigenvalue weighted by molar-refractivity contribution is 0.714. The molecule has 3 rings (SSSR count). The molecule has 0 unspecified atom stereocenters. The third-order valence-corrected chi connectivity index (χ3v) is 3.46. The summed E-state index contributed by atoms with van der Waals surface area (Å²) in [5.41, 5.74) is 10.1. The minimum absolute atomic E-state index is 0.317. The highest BCUT2D eigenvalue weighted by atomic mass is 14.9. The average molecular weight is 251 g/mol. The van der Waals surface area contributed by atoms with Gasteiger partial charge in [0.2, 0.25) is 0 Å². The van der Waals surface area contributed by atoms with Crippen LogP contribution in [-0.2, 0) is 6.42 Å². The summed E-state index contributed by atoms with van der Waals surface area (Å²) in [6.45, 7) is 2.17. The Kier molecular flexibility index (Phi) is 2.95. The fourth-order valence-electron chi connectivity index (χ4n) is 2.35. The van der Waals surface area contributed by atoms with Crippen molar-refractivity contribution >= 4 is 16.7 Å². The van der Waals surface area contributed by atoms with Gasteiger partial charge in [-0.1, -0.05) is 37.3 Å². The minimum Gasteiger partial charge on any atom is -0.399 e. The molecule has 0 fully saturated rings. The number of hydrogen-bond acceptors (Lipinski definition) is 2. The number of rotatable bonds is 3. The summed E-state index contributed by atoms with van der Waals surface area (Å²) < 4.78 is 0. The van der Waals surface area contributed by atoms with Crippen molar-refractivity contribution in [2.75, 3.05) is 5.73 Å². The predicted molar refractivity (Wildman–Crippen MR) is 79.1 cm³/mol. The van der Waals surface area contributed by atoms with Gasteiger partial charge in [-0.25, -0.2) is 4.98 Å². The van der Waals surface area contributed by atoms with E-state index in [4.69, 9.17) is 5.73 Å². The van der Waals surface area contributed by atoms with Gasteiger partial charge in [0.25, 0.3) is 0 Å². The maximum Gasteiger partial charge on any atom is 0.110 e. The number of nitrogens with two attached hydrogens (primary N) is 1. The Morgan fingerprint density at radius 2 is 1.84 bits per heavy atom. The van der Waals surface area contributed by atoms with Crippen LogP contribution in [-0.4, -0.2) is 9.97 Å². The van der Waals surface area contributed by atoms with E-state index in [1.807, 2.05) is 36.4 Å². The number of fused-ring (bicyclic) bond motifs is 1. The van der Waals surface area contributed by atoms with Gasteiger partial charge in [0.15, 0.2) is 0 Å². The van der Waals surface area contributed by atoms with Crippen molar-refractivity contribution in [2.45, 2.75) is 19.3 Å². The van der Waals surface area contributed by atoms with Gasteiger partial charge in [-0.2, -0.15) is 0 Å². The summed E-state index contributed by atoms with van der Waals surface area (Å²) in [5.74, 6) is 1.33. The molecule has 3 heteroatoms. The van der Waals surface area contributed by atoms with Crippen LogP contribution < -0.4 is 5.73 Å². The summed E-state index contributed by atoms with van der Waals surface area (Å²) in [4.78, 5) is 8.03. The average Bonchev–Trinajstić information content (AvgIpc) is 2.85. The molecule has 0 aliphatic rings. The first-order chi connectivity index (χ1) is 9.24. The highest BCUT2D eigenvalue weighted by molar-refractivity contribution is 5.74. The normalized spacial score (nSPS) is 12.7. The van der Waals surface area contributed by atoms with Crippen LogP contribution >= 0.6 is 0 Å². The Bertz CT molecular complexity index is 667. The van der Waals surface area contributed by atoms with Crippen LogP contribution in [0.3, 0.4) is 0 Å². The third kappa shape index (κ3) is 2.32. The van der Waals surface area contributed by atoms with E-state index in [0.717, 1.165) is 29.0 Å². The molecule has 2 aromatic carbocycles. The molecule has 0 saturated heterocycles. The second-order valence-electron chi connectivity index (χ2n) is 4.94. The number of nitrogens with one attached hydrogen (secondary N) is 1. The van der Waals surface area contributed by atoms with Crippen LogP contribution in [0.25, 0.3) is 11.0 Å². The number of H-pyrrole nitrogens is 1. The second-order valence-corrected chi connectivity index (χ2v) is 4.94. The molecule has 3 nitrogen and oxygen atoms in total. The smallest absolute Gasteiger partial charge is 0.110 e. The predicted octanol–water partition coefficient (Wildman–Crippen LogP) is 3.49. The Morgan fingerprint density at radius 1 is 1.11 bits per heavy atom. The van der Waals surface area contributed by atoms with E-state index in [9.17, 15) is 0 Å². The summed E-state index contributed by atoms with van der Waals surface area (Å²) in [5, 5.41) is 0. The van der Waals surface area contributed by atoms with Crippen LogP contribution in [0.15, 0.2) is 48.5 Å². The van der Waals surface area contributed by atoms with Gasteiger partial charge in [0, 0.05) is 11.6 Å². The van der Waals surface area contributed by atoms with Gasteiger partial charge >= 0.3 is 0 Å². The van der Waals surface area contributed by atoms with E-state index >= 15 is 0 Å². The lowest BCUT2D eigenvalue weighted by atomic mass is 9.99. The van der Waals surface area contributed by atoms with Crippen molar-refractivity contribution in [3.05, 3.63) is 59.9 Å². The minimum atomic E-state index is 0.317. The molecule has 1 heterocycles. The van der Waals surface area contributed by atoms with Crippen LogP contribution in [0.1, 0.15) is 24.2 Å². The van der Waals surface area contributed by atoms with E-state index in [1.54, 1.807) is 0 Å². The lowest BCUT2D eigenvalue weighted by Gasteiger charge is -2.10. The zero-order valence-corrected chi connectivity index (χ0v) is 10.9. The maximum atomic E-state index is 5.99. The third-order valence-electron chi connectivity index (χ3n) is 3.46. The number of benzene rings is 2. The van der Waals surface area contributed by atoms with E-state index in [2.05, 4.69) is 29.0 Å². The lowest BCUT2D eigenvalue weighted by Crippen LogP contribution is -2.03. The van der Waals surface area contributed by atoms with Gasteiger partial charge in [-0.05, 0) is 30.2 Å². The Balaban J connectivity index is 1.87. The molecular formula is C16H17N3. The summed E-state index contributed by atoms with van der Waals surface area (Å²) in [6.07, 6.45) is 0.895. The molecule has 1 aromatic heterocycles. The van der Waals surface area contributed by atoms with Crippen molar-refractivity contribution in [3.8, 4) is 0 Å². The Morgan fingerprint density at radius 3 is 2.63 bits per heavy atom. The van der Waals surface area contributed by atoms with Gasteiger partial charge in [0.1, 0.15) is 5.82 Å². The molecule has 19 heavy (non-hydrogen) atoms. The summed E-state index contributed by atoms with van der Waals surface area (Å²) in [7, 11) is 0. The summed E-state index contributed by atoms with van der Waals surface area (Å²) >= 11 is 0. The van der Waals surface area contributed by atoms with Crippen molar-refractivity contribution in [3.63, 3.8) is 0 Å². The van der Waals surface area contributed by atoms with E-state index in [-0.39, 0.29) is 0 Å². The molecule has 3 N–H and O–H groups in total. The number of hydrogen-bond donors (Lipinski definition) is 2. The van der Waals surface area contributed by atoms with Crippen LogP contribution in [0, 0.1) is 0 Å². The van der Waals surface area contributed by atoms with Crippen molar-refractivity contribution < 1.29 is 0 Å². The number of aromatic amines is 1. The van der Waals surface area contributed by atoms with Crippen LogP contribution in [0.5, 0.6) is 0 Å². The number of nitrogen functional groups attached to an aromatic ring is 1. The Labute approximate surface area is 112 Å². The maximum absolute atomic E-state index is 5.99. The fraction of sp³-hybridized carbons (Fsp3) is 0.188. The van der Waals surface area contributed by atoms with Crippen LogP contribution in [0.4, 0.5) is 5.69 Å². The molecule has 0 aliphatic heterocycles.